The molecule has 1 aliphatic rings. The predicted octanol–water partition coefficient (Wildman–Crippen LogP) is 8.88. The number of benzene rings is 3. The number of alkyl halides is 3. The van der Waals surface area contributed by atoms with Gasteiger partial charge in [-0.15, -0.1) is 11.3 Å². The van der Waals surface area contributed by atoms with E-state index in [2.05, 4.69) is 34.9 Å². The third-order valence-corrected chi connectivity index (χ3v) is 9.15. The van der Waals surface area contributed by atoms with Crippen molar-refractivity contribution in [3.8, 4) is 11.3 Å². The van der Waals surface area contributed by atoms with Gasteiger partial charge in [-0.25, -0.2) is 4.98 Å². The Bertz CT molecular complexity index is 1550. The number of carbonyl (C=O) groups is 2. The largest absolute Gasteiger partial charge is 0.481 e. The van der Waals surface area contributed by atoms with Crippen LogP contribution >= 0.6 is 23.1 Å². The first kappa shape index (κ1) is 31.6. The number of thiazole rings is 1. The molecular weight excluding hydrogens is 608 g/mol. The lowest BCUT2D eigenvalue weighted by Gasteiger charge is -2.24. The maximum absolute atomic E-state index is 12.7. The van der Waals surface area contributed by atoms with Crippen LogP contribution in [0.2, 0.25) is 0 Å². The zero-order valence-corrected chi connectivity index (χ0v) is 25.4. The minimum absolute atomic E-state index is 0.0454. The highest BCUT2D eigenvalue weighted by atomic mass is 32.2. The molecule has 230 valence electrons. The van der Waals surface area contributed by atoms with Gasteiger partial charge in [-0.2, -0.15) is 13.2 Å². The molecule has 0 spiro atoms. The van der Waals surface area contributed by atoms with E-state index in [-0.39, 0.29) is 41.6 Å². The number of carbonyl (C=O) groups excluding carboxylic acids is 1. The Morgan fingerprint density at radius 1 is 0.932 bits per heavy atom. The number of halogens is 3. The van der Waals surface area contributed by atoms with E-state index in [1.54, 1.807) is 24.3 Å². The molecule has 1 saturated carbocycles. The predicted molar refractivity (Wildman–Crippen MR) is 168 cm³/mol. The molecule has 6 nitrogen and oxygen atoms in total. The van der Waals surface area contributed by atoms with Gasteiger partial charge in [-0.3, -0.25) is 9.59 Å². The van der Waals surface area contributed by atoms with Crippen LogP contribution in [0.1, 0.15) is 77.5 Å². The van der Waals surface area contributed by atoms with Crippen LogP contribution in [-0.4, -0.2) is 34.0 Å². The summed E-state index contributed by atoms with van der Waals surface area (Å²) in [6.45, 7) is 0.0454. The van der Waals surface area contributed by atoms with E-state index in [0.29, 0.717) is 27.9 Å². The first-order valence-corrected chi connectivity index (χ1v) is 16.1. The molecule has 1 aliphatic carbocycles. The molecule has 0 radical (unpaired) electrons. The van der Waals surface area contributed by atoms with Crippen molar-refractivity contribution in [3.05, 3.63) is 100 Å². The molecule has 1 fully saturated rings. The maximum atomic E-state index is 12.7. The number of nitrogens with one attached hydrogen (secondary N) is 2. The van der Waals surface area contributed by atoms with Gasteiger partial charge in [0.1, 0.15) is 0 Å². The zero-order valence-electron chi connectivity index (χ0n) is 23.8. The summed E-state index contributed by atoms with van der Waals surface area (Å²) < 4.78 is 38.2. The summed E-state index contributed by atoms with van der Waals surface area (Å²) in [6, 6.07) is 21.7. The second-order valence-electron chi connectivity index (χ2n) is 10.7. The summed E-state index contributed by atoms with van der Waals surface area (Å²) in [5.74, 6) is -0.749. The lowest BCUT2D eigenvalue weighted by molar-refractivity contribution is -0.136. The van der Waals surface area contributed by atoms with E-state index < -0.39 is 11.5 Å². The Balaban J connectivity index is 1.36. The fourth-order valence-corrected chi connectivity index (χ4v) is 6.68. The first-order chi connectivity index (χ1) is 21.1. The molecule has 4 aromatic rings. The molecule has 1 amide bonds. The van der Waals surface area contributed by atoms with Crippen molar-refractivity contribution in [2.75, 3.05) is 11.9 Å². The van der Waals surface area contributed by atoms with Crippen LogP contribution in [0.4, 0.5) is 18.3 Å². The topological polar surface area (TPSA) is 91.3 Å². The number of hydrogen-bond acceptors (Lipinski definition) is 6. The number of amides is 1. The zero-order chi connectivity index (χ0) is 31.1. The second-order valence-corrected chi connectivity index (χ2v) is 12.7. The van der Waals surface area contributed by atoms with E-state index in [4.69, 9.17) is 10.1 Å². The van der Waals surface area contributed by atoms with Gasteiger partial charge in [-0.1, -0.05) is 67.8 Å². The van der Waals surface area contributed by atoms with Crippen molar-refractivity contribution >= 4 is 40.1 Å². The molecule has 3 aromatic carbocycles. The lowest BCUT2D eigenvalue weighted by atomic mass is 9.83. The molecular formula is C33H32F3N3O3S2. The minimum atomic E-state index is -4.34. The normalized spacial score (nSPS) is 14.6. The van der Waals surface area contributed by atoms with E-state index >= 15 is 0 Å². The number of anilines is 1. The van der Waals surface area contributed by atoms with Gasteiger partial charge in [0.2, 0.25) is 0 Å². The highest BCUT2D eigenvalue weighted by molar-refractivity contribution is 8.00. The highest BCUT2D eigenvalue weighted by Crippen LogP contribution is 2.38. The van der Waals surface area contributed by atoms with Crippen molar-refractivity contribution in [1.29, 1.82) is 0 Å². The maximum Gasteiger partial charge on any atom is 0.446 e. The molecule has 1 aromatic heterocycles. The van der Waals surface area contributed by atoms with Crippen LogP contribution < -0.4 is 10.6 Å². The highest BCUT2D eigenvalue weighted by Gasteiger charge is 2.29. The Kier molecular flexibility index (Phi) is 10.3. The molecule has 1 unspecified atom stereocenters. The molecule has 3 N–H and O–H groups in total. The van der Waals surface area contributed by atoms with Crippen LogP contribution in [0.5, 0.6) is 0 Å². The number of aromatic nitrogens is 1. The number of carboxylic acids is 1. The van der Waals surface area contributed by atoms with Gasteiger partial charge in [0.05, 0.1) is 18.2 Å². The average molecular weight is 640 g/mol. The van der Waals surface area contributed by atoms with Gasteiger partial charge >= 0.3 is 11.5 Å². The van der Waals surface area contributed by atoms with Gasteiger partial charge in [0.25, 0.3) is 5.91 Å². The van der Waals surface area contributed by atoms with Crippen LogP contribution in [0.15, 0.2) is 83.1 Å². The number of aliphatic carboxylic acids is 1. The molecule has 11 heteroatoms. The summed E-state index contributed by atoms with van der Waals surface area (Å²) >= 11 is 1.25. The average Bonchev–Trinajstić information content (AvgIpc) is 3.49. The van der Waals surface area contributed by atoms with Crippen molar-refractivity contribution in [2.24, 2.45) is 0 Å². The van der Waals surface area contributed by atoms with Gasteiger partial charge in [0.15, 0.2) is 5.13 Å². The van der Waals surface area contributed by atoms with Crippen molar-refractivity contribution in [3.63, 3.8) is 0 Å². The lowest BCUT2D eigenvalue weighted by Crippen LogP contribution is -2.26. The smallest absolute Gasteiger partial charge is 0.446 e. The standard InChI is InChI=1S/C33H32F3N3O3S2/c34-33(35,36)44-27-16-14-23(15-17-27)28-20-43-32(38-28)39-30(24-8-6-22(7-9-24)21-4-2-1-3-5-21)25-10-12-26(13-11-25)31(42)37-19-18-29(40)41/h6-17,20-21,30H,1-5,18-19H2,(H,37,42)(H,38,39)(H,40,41). The number of thioether (sulfide) groups is 1. The summed E-state index contributed by atoms with van der Waals surface area (Å²) in [4.78, 5) is 28.1. The summed E-state index contributed by atoms with van der Waals surface area (Å²) in [5, 5.41) is 17.5. The van der Waals surface area contributed by atoms with Crippen LogP contribution in [-0.2, 0) is 4.79 Å². The summed E-state index contributed by atoms with van der Waals surface area (Å²) in [5.41, 5.74) is 0.716. The number of carboxylic acid groups (broad SMARTS) is 1. The van der Waals surface area contributed by atoms with E-state index in [0.717, 1.165) is 11.1 Å². The Labute approximate surface area is 262 Å². The van der Waals surface area contributed by atoms with Gasteiger partial charge in [0, 0.05) is 27.9 Å². The molecule has 44 heavy (non-hydrogen) atoms. The molecule has 1 heterocycles. The third-order valence-electron chi connectivity index (χ3n) is 7.63. The quantitative estimate of drug-likeness (QED) is 0.142. The molecule has 0 aliphatic heterocycles. The monoisotopic (exact) mass is 639 g/mol. The van der Waals surface area contributed by atoms with E-state index in [1.165, 1.54) is 61.1 Å². The van der Waals surface area contributed by atoms with Crippen molar-refractivity contribution in [2.45, 2.75) is 60.9 Å². The second kappa shape index (κ2) is 14.3. The fourth-order valence-electron chi connectivity index (χ4n) is 5.39. The van der Waals surface area contributed by atoms with Gasteiger partial charge < -0.3 is 15.7 Å². The van der Waals surface area contributed by atoms with Crippen LogP contribution in [0, 0.1) is 0 Å². The van der Waals surface area contributed by atoms with E-state index in [9.17, 15) is 22.8 Å². The van der Waals surface area contributed by atoms with Crippen molar-refractivity contribution < 1.29 is 27.9 Å². The fraction of sp³-hybridized carbons (Fsp3) is 0.303. The molecule has 1 atom stereocenters. The number of rotatable bonds is 11. The number of hydrogen-bond donors (Lipinski definition) is 3. The number of nitrogens with zero attached hydrogens (tertiary/aromatic N) is 1. The first-order valence-electron chi connectivity index (χ1n) is 14.4. The molecule has 0 bridgehead atoms. The third kappa shape index (κ3) is 8.63. The Morgan fingerprint density at radius 3 is 2.18 bits per heavy atom. The van der Waals surface area contributed by atoms with Crippen molar-refractivity contribution in [1.82, 2.24) is 10.3 Å². The van der Waals surface area contributed by atoms with Crippen LogP contribution in [0.25, 0.3) is 11.3 Å². The Hall–Kier alpha value is -3.83. The van der Waals surface area contributed by atoms with Crippen LogP contribution in [0.3, 0.4) is 0 Å². The Morgan fingerprint density at radius 2 is 1.57 bits per heavy atom. The SMILES string of the molecule is O=C(O)CCNC(=O)c1ccc(C(Nc2nc(-c3ccc(SC(F)(F)F)cc3)cs2)c2ccc(C3CCCCC3)cc2)cc1. The molecule has 5 rings (SSSR count). The van der Waals surface area contributed by atoms with Gasteiger partial charge in [-0.05, 0) is 71.5 Å². The molecule has 0 saturated heterocycles. The summed E-state index contributed by atoms with van der Waals surface area (Å²) in [6.07, 6.45) is 6.05. The summed E-state index contributed by atoms with van der Waals surface area (Å²) in [7, 11) is 0. The minimum Gasteiger partial charge on any atom is -0.481 e. The van der Waals surface area contributed by atoms with E-state index in [1.807, 2.05) is 17.5 Å².